The van der Waals surface area contributed by atoms with E-state index in [-0.39, 0.29) is 18.0 Å². The molecule has 0 aliphatic carbocycles. The maximum absolute atomic E-state index is 11.2. The molecule has 0 fully saturated rings. The second kappa shape index (κ2) is 4.07. The number of aromatic nitrogens is 2. The van der Waals surface area contributed by atoms with Gasteiger partial charge in [0.15, 0.2) is 0 Å². The Hall–Kier alpha value is -1.92. The minimum atomic E-state index is -0.959. The van der Waals surface area contributed by atoms with E-state index in [1.807, 2.05) is 18.8 Å². The summed E-state index contributed by atoms with van der Waals surface area (Å²) in [5.74, 6) is 0.112. The van der Waals surface area contributed by atoms with Crippen molar-refractivity contribution in [3.8, 4) is 0 Å². The monoisotopic (exact) mass is 213 g/mol. The van der Waals surface area contributed by atoms with Crippen LogP contribution >= 0.6 is 0 Å². The number of aromatic amines is 2. The normalized spacial score (nSPS) is 10.6. The highest BCUT2D eigenvalue weighted by Gasteiger charge is 2.20. The van der Waals surface area contributed by atoms with Crippen molar-refractivity contribution in [2.24, 2.45) is 5.92 Å². The second-order valence-electron chi connectivity index (χ2n) is 3.59. The fraction of sp³-hybridized carbons (Fsp3) is 0.500. The lowest BCUT2D eigenvalue weighted by molar-refractivity contribution is -0.387. The number of nitrogens with zero attached hydrogens (tertiary/aromatic N) is 1. The van der Waals surface area contributed by atoms with E-state index >= 15 is 0 Å². The van der Waals surface area contributed by atoms with E-state index in [0.717, 1.165) is 0 Å². The van der Waals surface area contributed by atoms with E-state index in [2.05, 4.69) is 4.98 Å². The Morgan fingerprint density at radius 3 is 2.40 bits per heavy atom. The third-order valence-electron chi connectivity index (χ3n) is 1.79. The second-order valence-corrected chi connectivity index (χ2v) is 3.59. The zero-order valence-electron chi connectivity index (χ0n) is 8.36. The molecule has 0 atom stereocenters. The van der Waals surface area contributed by atoms with Crippen LogP contribution in [0.1, 0.15) is 19.5 Å². The van der Waals surface area contributed by atoms with Crippen molar-refractivity contribution in [1.29, 1.82) is 0 Å². The molecule has 0 aliphatic rings. The largest absolute Gasteiger partial charge is 0.353 e. The molecule has 1 rings (SSSR count). The summed E-state index contributed by atoms with van der Waals surface area (Å²) in [6.07, 6.45) is 0.287. The minimum absolute atomic E-state index is 0.0729. The van der Waals surface area contributed by atoms with Gasteiger partial charge in [-0.3, -0.25) is 19.9 Å². The van der Waals surface area contributed by atoms with Crippen molar-refractivity contribution in [2.45, 2.75) is 20.3 Å². The molecule has 0 unspecified atom stereocenters. The number of rotatable bonds is 3. The Morgan fingerprint density at radius 2 is 1.93 bits per heavy atom. The van der Waals surface area contributed by atoms with Gasteiger partial charge >= 0.3 is 16.9 Å². The van der Waals surface area contributed by atoms with Crippen LogP contribution in [-0.2, 0) is 6.42 Å². The molecule has 0 radical (unpaired) electrons. The van der Waals surface area contributed by atoms with E-state index in [1.54, 1.807) is 0 Å². The summed E-state index contributed by atoms with van der Waals surface area (Å²) in [6, 6.07) is 0. The molecule has 7 nitrogen and oxygen atoms in total. The van der Waals surface area contributed by atoms with Crippen LogP contribution in [0.3, 0.4) is 0 Å². The summed E-state index contributed by atoms with van der Waals surface area (Å²) >= 11 is 0. The summed E-state index contributed by atoms with van der Waals surface area (Å²) in [5.41, 5.74) is -2.19. The van der Waals surface area contributed by atoms with Gasteiger partial charge in [0.05, 0.1) is 4.92 Å². The Kier molecular flexibility index (Phi) is 3.03. The van der Waals surface area contributed by atoms with Gasteiger partial charge in [-0.2, -0.15) is 0 Å². The average Bonchev–Trinajstić information content (AvgIpc) is 1.99. The molecule has 1 heterocycles. The maximum atomic E-state index is 11.2. The van der Waals surface area contributed by atoms with Crippen LogP contribution in [0.5, 0.6) is 0 Å². The van der Waals surface area contributed by atoms with Gasteiger partial charge < -0.3 is 4.98 Å². The molecule has 0 aromatic carbocycles. The van der Waals surface area contributed by atoms with Crippen LogP contribution in [0.25, 0.3) is 0 Å². The number of hydrogen-bond acceptors (Lipinski definition) is 4. The number of H-pyrrole nitrogens is 2. The van der Waals surface area contributed by atoms with E-state index in [1.165, 1.54) is 0 Å². The fourth-order valence-electron chi connectivity index (χ4n) is 1.28. The summed E-state index contributed by atoms with van der Waals surface area (Å²) in [4.78, 5) is 36.0. The van der Waals surface area contributed by atoms with Gasteiger partial charge in [-0.25, -0.2) is 4.79 Å². The number of nitro groups is 1. The van der Waals surface area contributed by atoms with E-state index in [4.69, 9.17) is 0 Å². The van der Waals surface area contributed by atoms with Crippen LogP contribution in [0.15, 0.2) is 9.59 Å². The molecule has 15 heavy (non-hydrogen) atoms. The van der Waals surface area contributed by atoms with Gasteiger partial charge in [-0.05, 0) is 12.3 Å². The lowest BCUT2D eigenvalue weighted by Crippen LogP contribution is -2.27. The Morgan fingerprint density at radius 1 is 1.33 bits per heavy atom. The first-order valence-electron chi connectivity index (χ1n) is 4.41. The Balaban J connectivity index is 3.40. The molecule has 0 spiro atoms. The zero-order valence-corrected chi connectivity index (χ0v) is 8.36. The first-order valence-corrected chi connectivity index (χ1v) is 4.41. The van der Waals surface area contributed by atoms with Gasteiger partial charge in [0.25, 0.3) is 0 Å². The molecule has 0 saturated heterocycles. The van der Waals surface area contributed by atoms with Crippen LogP contribution in [0.2, 0.25) is 0 Å². The molecular formula is C8H11N3O4. The SMILES string of the molecule is CC(C)Cc1[nH]c(=O)[nH]c(=O)c1[N+](=O)[O-]. The Bertz CT molecular complexity index is 485. The molecule has 0 amide bonds. The van der Waals surface area contributed by atoms with E-state index in [9.17, 15) is 19.7 Å². The predicted molar refractivity (Wildman–Crippen MR) is 52.9 cm³/mol. The molecule has 7 heteroatoms. The smallest absolute Gasteiger partial charge is 0.305 e. The highest BCUT2D eigenvalue weighted by Crippen LogP contribution is 2.12. The van der Waals surface area contributed by atoms with Crippen molar-refractivity contribution in [2.75, 3.05) is 0 Å². The molecule has 2 N–H and O–H groups in total. The summed E-state index contributed by atoms with van der Waals surface area (Å²) in [5, 5.41) is 10.6. The van der Waals surface area contributed by atoms with E-state index in [0.29, 0.717) is 0 Å². The third kappa shape index (κ3) is 2.52. The maximum Gasteiger partial charge on any atom is 0.353 e. The average molecular weight is 213 g/mol. The fourth-order valence-corrected chi connectivity index (χ4v) is 1.28. The molecule has 82 valence electrons. The highest BCUT2D eigenvalue weighted by atomic mass is 16.6. The highest BCUT2D eigenvalue weighted by molar-refractivity contribution is 5.31. The van der Waals surface area contributed by atoms with Gasteiger partial charge in [0.2, 0.25) is 0 Å². The summed E-state index contributed by atoms with van der Waals surface area (Å²) in [6.45, 7) is 3.67. The lowest BCUT2D eigenvalue weighted by atomic mass is 10.1. The number of hydrogen-bond donors (Lipinski definition) is 2. The lowest BCUT2D eigenvalue weighted by Gasteiger charge is -2.03. The minimum Gasteiger partial charge on any atom is -0.305 e. The molecule has 0 bridgehead atoms. The van der Waals surface area contributed by atoms with Crippen LogP contribution in [0.4, 0.5) is 5.69 Å². The molecule has 1 aromatic heterocycles. The standard InChI is InChI=1S/C8H11N3O4/c1-4(2)3-5-6(11(14)15)7(12)10-8(13)9-5/h4H,3H2,1-2H3,(H2,9,10,12,13). The molecule has 0 saturated carbocycles. The first kappa shape index (κ1) is 11.2. The molecular weight excluding hydrogens is 202 g/mol. The van der Waals surface area contributed by atoms with Crippen LogP contribution in [-0.4, -0.2) is 14.9 Å². The van der Waals surface area contributed by atoms with Crippen molar-refractivity contribution in [1.82, 2.24) is 9.97 Å². The van der Waals surface area contributed by atoms with Crippen molar-refractivity contribution < 1.29 is 4.92 Å². The topological polar surface area (TPSA) is 109 Å². The van der Waals surface area contributed by atoms with Crippen molar-refractivity contribution >= 4 is 5.69 Å². The molecule has 0 aliphatic heterocycles. The van der Waals surface area contributed by atoms with Gasteiger partial charge in [0.1, 0.15) is 5.69 Å². The summed E-state index contributed by atoms with van der Waals surface area (Å²) in [7, 11) is 0. The van der Waals surface area contributed by atoms with Gasteiger partial charge in [-0.15, -0.1) is 0 Å². The predicted octanol–water partition coefficient (Wildman–Crippen LogP) is 0.170. The Labute approximate surface area is 84.3 Å². The zero-order chi connectivity index (χ0) is 11.6. The number of nitrogens with one attached hydrogen (secondary N) is 2. The van der Waals surface area contributed by atoms with Crippen LogP contribution in [0, 0.1) is 16.0 Å². The molecule has 1 aromatic rings. The quantitative estimate of drug-likeness (QED) is 0.550. The summed E-state index contributed by atoms with van der Waals surface area (Å²) < 4.78 is 0. The first-order chi connectivity index (χ1) is 6.91. The van der Waals surface area contributed by atoms with Crippen molar-refractivity contribution in [3.63, 3.8) is 0 Å². The van der Waals surface area contributed by atoms with Gasteiger partial charge in [0, 0.05) is 0 Å². The van der Waals surface area contributed by atoms with E-state index < -0.39 is 21.9 Å². The third-order valence-corrected chi connectivity index (χ3v) is 1.79. The van der Waals surface area contributed by atoms with Gasteiger partial charge in [-0.1, -0.05) is 13.8 Å². The van der Waals surface area contributed by atoms with Crippen molar-refractivity contribution in [3.05, 3.63) is 36.6 Å². The van der Waals surface area contributed by atoms with Crippen LogP contribution < -0.4 is 11.2 Å².